The number of nitrogens with two attached hydrogens (primary N) is 1. The molecule has 0 bridgehead atoms. The SMILES string of the molecule is Cc1cnc(CNc2nc(NN)ncc2[N+](=O)[O-])cn1. The van der Waals surface area contributed by atoms with Crippen LogP contribution in [0, 0.1) is 17.0 Å². The molecule has 10 nitrogen and oxygen atoms in total. The number of nitrogens with one attached hydrogen (secondary N) is 2. The lowest BCUT2D eigenvalue weighted by molar-refractivity contribution is -0.384. The highest BCUT2D eigenvalue weighted by Gasteiger charge is 2.17. The molecule has 0 fully saturated rings. The van der Waals surface area contributed by atoms with Crippen molar-refractivity contribution in [1.82, 2.24) is 19.9 Å². The van der Waals surface area contributed by atoms with Gasteiger partial charge in [-0.3, -0.25) is 25.5 Å². The number of anilines is 2. The van der Waals surface area contributed by atoms with Gasteiger partial charge in [-0.25, -0.2) is 10.8 Å². The smallest absolute Gasteiger partial charge is 0.329 e. The molecule has 0 aliphatic carbocycles. The lowest BCUT2D eigenvalue weighted by Crippen LogP contribution is -2.13. The van der Waals surface area contributed by atoms with E-state index in [9.17, 15) is 10.1 Å². The highest BCUT2D eigenvalue weighted by atomic mass is 16.6. The molecule has 0 unspecified atom stereocenters. The largest absolute Gasteiger partial charge is 0.358 e. The highest BCUT2D eigenvalue weighted by molar-refractivity contribution is 5.56. The lowest BCUT2D eigenvalue weighted by Gasteiger charge is -2.07. The lowest BCUT2D eigenvalue weighted by atomic mass is 10.4. The fraction of sp³-hybridized carbons (Fsp3) is 0.200. The Morgan fingerprint density at radius 1 is 1.30 bits per heavy atom. The third kappa shape index (κ3) is 3.11. The van der Waals surface area contributed by atoms with Crippen molar-refractivity contribution in [2.75, 3.05) is 10.7 Å². The van der Waals surface area contributed by atoms with E-state index in [1.165, 1.54) is 0 Å². The predicted octanol–water partition coefficient (Wildman–Crippen LogP) is 0.381. The van der Waals surface area contributed by atoms with Crippen LogP contribution in [0.4, 0.5) is 17.5 Å². The van der Waals surface area contributed by atoms with Crippen molar-refractivity contribution in [3.8, 4) is 0 Å². The zero-order valence-electron chi connectivity index (χ0n) is 10.6. The third-order valence-corrected chi connectivity index (χ3v) is 2.37. The fourth-order valence-electron chi connectivity index (χ4n) is 1.39. The van der Waals surface area contributed by atoms with Gasteiger partial charge in [-0.05, 0) is 6.92 Å². The van der Waals surface area contributed by atoms with Gasteiger partial charge in [0.25, 0.3) is 0 Å². The topological polar surface area (TPSA) is 145 Å². The van der Waals surface area contributed by atoms with E-state index in [4.69, 9.17) is 5.84 Å². The van der Waals surface area contributed by atoms with Crippen LogP contribution in [-0.2, 0) is 6.54 Å². The molecule has 104 valence electrons. The maximum absolute atomic E-state index is 10.9. The molecule has 0 amide bonds. The summed E-state index contributed by atoms with van der Waals surface area (Å²) < 4.78 is 0. The van der Waals surface area contributed by atoms with E-state index in [0.29, 0.717) is 5.69 Å². The Morgan fingerprint density at radius 2 is 2.10 bits per heavy atom. The van der Waals surface area contributed by atoms with Crippen LogP contribution in [0.5, 0.6) is 0 Å². The van der Waals surface area contributed by atoms with E-state index in [2.05, 4.69) is 30.7 Å². The molecule has 0 aliphatic heterocycles. The fourth-order valence-corrected chi connectivity index (χ4v) is 1.39. The van der Waals surface area contributed by atoms with Crippen molar-refractivity contribution in [2.45, 2.75) is 13.5 Å². The van der Waals surface area contributed by atoms with E-state index in [0.717, 1.165) is 11.9 Å². The second kappa shape index (κ2) is 5.84. The number of nitrogen functional groups attached to an aromatic ring is 1. The van der Waals surface area contributed by atoms with Gasteiger partial charge in [0.15, 0.2) is 0 Å². The van der Waals surface area contributed by atoms with Crippen LogP contribution in [0.1, 0.15) is 11.4 Å². The molecule has 0 spiro atoms. The van der Waals surface area contributed by atoms with E-state index in [1.54, 1.807) is 12.4 Å². The molecule has 2 aromatic rings. The van der Waals surface area contributed by atoms with Crippen molar-refractivity contribution in [1.29, 1.82) is 0 Å². The first-order chi connectivity index (χ1) is 9.60. The van der Waals surface area contributed by atoms with Gasteiger partial charge in [0.05, 0.1) is 29.1 Å². The minimum Gasteiger partial charge on any atom is -0.358 e. The summed E-state index contributed by atoms with van der Waals surface area (Å²) in [6.45, 7) is 2.06. The first-order valence-corrected chi connectivity index (χ1v) is 5.59. The van der Waals surface area contributed by atoms with Crippen LogP contribution in [0.25, 0.3) is 0 Å². The maximum atomic E-state index is 10.9. The van der Waals surface area contributed by atoms with Gasteiger partial charge >= 0.3 is 5.69 Å². The van der Waals surface area contributed by atoms with Crippen molar-refractivity contribution in [3.63, 3.8) is 0 Å². The molecule has 4 N–H and O–H groups in total. The normalized spacial score (nSPS) is 10.1. The van der Waals surface area contributed by atoms with Gasteiger partial charge in [0.2, 0.25) is 11.8 Å². The molecule has 2 heterocycles. The number of nitrogens with zero attached hydrogens (tertiary/aromatic N) is 5. The molecule has 20 heavy (non-hydrogen) atoms. The Bertz CT molecular complexity index is 615. The summed E-state index contributed by atoms with van der Waals surface area (Å²) in [4.78, 5) is 26.1. The van der Waals surface area contributed by atoms with E-state index >= 15 is 0 Å². The Hall–Kier alpha value is -2.88. The minimum atomic E-state index is -0.580. The summed E-state index contributed by atoms with van der Waals surface area (Å²) in [5, 5.41) is 13.7. The maximum Gasteiger partial charge on any atom is 0.329 e. The number of aryl methyl sites for hydroxylation is 1. The van der Waals surface area contributed by atoms with Crippen LogP contribution in [0.2, 0.25) is 0 Å². The summed E-state index contributed by atoms with van der Waals surface area (Å²) in [5.74, 6) is 5.31. The molecule has 10 heteroatoms. The molecule has 2 rings (SSSR count). The zero-order chi connectivity index (χ0) is 14.5. The molecule has 0 aromatic carbocycles. The average molecular weight is 276 g/mol. The van der Waals surface area contributed by atoms with E-state index in [-0.39, 0.29) is 24.0 Å². The van der Waals surface area contributed by atoms with E-state index in [1.807, 2.05) is 6.92 Å². The Morgan fingerprint density at radius 3 is 2.70 bits per heavy atom. The molecule has 2 aromatic heterocycles. The predicted molar refractivity (Wildman–Crippen MR) is 70.6 cm³/mol. The van der Waals surface area contributed by atoms with Crippen molar-refractivity contribution in [3.05, 3.63) is 40.1 Å². The van der Waals surface area contributed by atoms with Crippen LogP contribution < -0.4 is 16.6 Å². The number of hydrazine groups is 1. The molecule has 0 saturated carbocycles. The molecular weight excluding hydrogens is 264 g/mol. The Labute approximate surface area is 113 Å². The highest BCUT2D eigenvalue weighted by Crippen LogP contribution is 2.21. The molecule has 0 saturated heterocycles. The third-order valence-electron chi connectivity index (χ3n) is 2.37. The minimum absolute atomic E-state index is 0.0559. The zero-order valence-corrected chi connectivity index (χ0v) is 10.6. The second-order valence-electron chi connectivity index (χ2n) is 3.83. The Kier molecular flexibility index (Phi) is 3.96. The van der Waals surface area contributed by atoms with Gasteiger partial charge in [0.1, 0.15) is 6.20 Å². The van der Waals surface area contributed by atoms with Gasteiger partial charge in [-0.2, -0.15) is 4.98 Å². The van der Waals surface area contributed by atoms with Crippen LogP contribution in [-0.4, -0.2) is 24.9 Å². The van der Waals surface area contributed by atoms with Crippen molar-refractivity contribution in [2.24, 2.45) is 5.84 Å². The monoisotopic (exact) mass is 276 g/mol. The second-order valence-corrected chi connectivity index (χ2v) is 3.83. The van der Waals surface area contributed by atoms with Gasteiger partial charge in [0, 0.05) is 6.20 Å². The number of aromatic nitrogens is 4. The first-order valence-electron chi connectivity index (χ1n) is 5.59. The molecular formula is C10H12N8O2. The van der Waals surface area contributed by atoms with Gasteiger partial charge in [-0.1, -0.05) is 0 Å². The number of rotatable bonds is 5. The quantitative estimate of drug-likeness (QED) is 0.400. The summed E-state index contributed by atoms with van der Waals surface area (Å²) in [6.07, 6.45) is 4.26. The summed E-state index contributed by atoms with van der Waals surface area (Å²) in [6, 6.07) is 0. The Balaban J connectivity index is 2.18. The standard InChI is InChI=1S/C10H12N8O2/c1-6-2-13-7(3-12-6)4-14-9-8(18(19)20)5-15-10(16-9)17-11/h2-3,5H,4,11H2,1H3,(H2,14,15,16,17). The summed E-state index contributed by atoms with van der Waals surface area (Å²) in [5.41, 5.74) is 3.40. The molecule has 0 radical (unpaired) electrons. The van der Waals surface area contributed by atoms with Crippen molar-refractivity contribution >= 4 is 17.5 Å². The van der Waals surface area contributed by atoms with Crippen LogP contribution >= 0.6 is 0 Å². The molecule has 0 atom stereocenters. The van der Waals surface area contributed by atoms with Crippen LogP contribution in [0.15, 0.2) is 18.6 Å². The number of hydrogen-bond acceptors (Lipinski definition) is 9. The average Bonchev–Trinajstić information content (AvgIpc) is 2.46. The van der Waals surface area contributed by atoms with Gasteiger partial charge in [-0.15, -0.1) is 0 Å². The van der Waals surface area contributed by atoms with E-state index < -0.39 is 4.92 Å². The summed E-state index contributed by atoms with van der Waals surface area (Å²) >= 11 is 0. The molecule has 0 aliphatic rings. The number of nitro groups is 1. The van der Waals surface area contributed by atoms with Crippen molar-refractivity contribution < 1.29 is 4.92 Å². The van der Waals surface area contributed by atoms with Crippen LogP contribution in [0.3, 0.4) is 0 Å². The first kappa shape index (κ1) is 13.5. The summed E-state index contributed by atoms with van der Waals surface area (Å²) in [7, 11) is 0. The van der Waals surface area contributed by atoms with Gasteiger partial charge < -0.3 is 5.32 Å². The number of hydrogen-bond donors (Lipinski definition) is 3.